The molecule has 0 aromatic carbocycles. The number of rotatable bonds is 5. The normalized spacial score (nSPS) is 16.5. The summed E-state index contributed by atoms with van der Waals surface area (Å²) in [6, 6.07) is 0. The second-order valence-corrected chi connectivity index (χ2v) is 3.15. The molecular weight excluding hydrogens is 142 g/mol. The Bertz CT molecular complexity index is 125. The van der Waals surface area contributed by atoms with E-state index in [1.807, 2.05) is 20.8 Å². The molecule has 0 aromatic rings. The van der Waals surface area contributed by atoms with E-state index in [2.05, 4.69) is 5.32 Å². The highest BCUT2D eigenvalue weighted by molar-refractivity contribution is 5.63. The van der Waals surface area contributed by atoms with Crippen molar-refractivity contribution in [3.05, 3.63) is 0 Å². The van der Waals surface area contributed by atoms with Crippen LogP contribution in [0.15, 0.2) is 0 Å². The minimum Gasteiger partial charge on any atom is -0.376 e. The van der Waals surface area contributed by atoms with Gasteiger partial charge in [0.15, 0.2) is 0 Å². The van der Waals surface area contributed by atoms with E-state index < -0.39 is 5.54 Å². The Kier molecular flexibility index (Phi) is 4.30. The molecule has 1 atom stereocenters. The summed E-state index contributed by atoms with van der Waals surface area (Å²) in [5.74, 6) is 0. The molecule has 1 N–H and O–H groups in total. The van der Waals surface area contributed by atoms with Crippen molar-refractivity contribution in [2.45, 2.75) is 32.4 Å². The van der Waals surface area contributed by atoms with Crippen molar-refractivity contribution in [1.82, 2.24) is 5.32 Å². The van der Waals surface area contributed by atoms with Crippen molar-refractivity contribution >= 4 is 6.29 Å². The lowest BCUT2D eigenvalue weighted by molar-refractivity contribution is -0.115. The fourth-order valence-electron chi connectivity index (χ4n) is 0.505. The first-order valence-electron chi connectivity index (χ1n) is 3.81. The standard InChI is InChI=1S/C8H17NO2/c1-7(2)11-6-8(3,5-10)9-4/h5,7,9H,6H2,1-4H3. The first-order chi connectivity index (χ1) is 5.04. The summed E-state index contributed by atoms with van der Waals surface area (Å²) < 4.78 is 5.30. The SMILES string of the molecule is CNC(C)(C=O)COC(C)C. The molecule has 0 rings (SSSR count). The molecule has 1 unspecified atom stereocenters. The second kappa shape index (κ2) is 4.46. The number of hydrogen-bond acceptors (Lipinski definition) is 3. The summed E-state index contributed by atoms with van der Waals surface area (Å²) in [6.45, 7) is 6.12. The molecule has 0 spiro atoms. The van der Waals surface area contributed by atoms with Gasteiger partial charge in [-0.1, -0.05) is 0 Å². The van der Waals surface area contributed by atoms with E-state index in [4.69, 9.17) is 4.74 Å². The Morgan fingerprint density at radius 1 is 1.64 bits per heavy atom. The number of carbonyl (C=O) groups excluding carboxylic acids is 1. The molecule has 0 amide bonds. The monoisotopic (exact) mass is 159 g/mol. The second-order valence-electron chi connectivity index (χ2n) is 3.15. The number of hydrogen-bond donors (Lipinski definition) is 1. The molecule has 0 aliphatic rings. The molecule has 0 heterocycles. The molecule has 0 aliphatic carbocycles. The number of ether oxygens (including phenoxy) is 1. The maximum Gasteiger partial charge on any atom is 0.142 e. The van der Waals surface area contributed by atoms with Gasteiger partial charge < -0.3 is 14.8 Å². The maximum absolute atomic E-state index is 10.5. The quantitative estimate of drug-likeness (QED) is 0.597. The van der Waals surface area contributed by atoms with Crippen molar-refractivity contribution < 1.29 is 9.53 Å². The Hall–Kier alpha value is -0.410. The van der Waals surface area contributed by atoms with Crippen molar-refractivity contribution in [3.8, 4) is 0 Å². The summed E-state index contributed by atoms with van der Waals surface area (Å²) >= 11 is 0. The number of likely N-dealkylation sites (N-methyl/N-ethyl adjacent to an activating group) is 1. The summed E-state index contributed by atoms with van der Waals surface area (Å²) in [4.78, 5) is 10.5. The van der Waals surface area contributed by atoms with Gasteiger partial charge in [-0.2, -0.15) is 0 Å². The molecule has 0 fully saturated rings. The van der Waals surface area contributed by atoms with Crippen LogP contribution in [-0.2, 0) is 9.53 Å². The highest BCUT2D eigenvalue weighted by atomic mass is 16.5. The van der Waals surface area contributed by atoms with Gasteiger partial charge >= 0.3 is 0 Å². The molecule has 3 nitrogen and oxygen atoms in total. The predicted octanol–water partition coefficient (Wildman–Crippen LogP) is 0.588. The Labute approximate surface area is 68.1 Å². The molecule has 0 aliphatic heterocycles. The van der Waals surface area contributed by atoms with Gasteiger partial charge in [-0.3, -0.25) is 0 Å². The van der Waals surface area contributed by atoms with Crippen LogP contribution in [0, 0.1) is 0 Å². The summed E-state index contributed by atoms with van der Waals surface area (Å²) in [7, 11) is 1.75. The van der Waals surface area contributed by atoms with Crippen molar-refractivity contribution in [1.29, 1.82) is 0 Å². The van der Waals surface area contributed by atoms with E-state index in [0.29, 0.717) is 6.61 Å². The van der Waals surface area contributed by atoms with Crippen LogP contribution in [0.3, 0.4) is 0 Å². The number of nitrogens with one attached hydrogen (secondary N) is 1. The largest absolute Gasteiger partial charge is 0.376 e. The third-order valence-corrected chi connectivity index (χ3v) is 1.55. The van der Waals surface area contributed by atoms with Crippen molar-refractivity contribution in [3.63, 3.8) is 0 Å². The van der Waals surface area contributed by atoms with Crippen molar-refractivity contribution in [2.24, 2.45) is 0 Å². The number of carbonyl (C=O) groups is 1. The van der Waals surface area contributed by atoms with E-state index in [9.17, 15) is 4.79 Å². The summed E-state index contributed by atoms with van der Waals surface area (Å²) in [5.41, 5.74) is -0.537. The topological polar surface area (TPSA) is 38.3 Å². The Balaban J connectivity index is 3.78. The molecule has 66 valence electrons. The fourth-order valence-corrected chi connectivity index (χ4v) is 0.505. The van der Waals surface area contributed by atoms with E-state index in [0.717, 1.165) is 6.29 Å². The van der Waals surface area contributed by atoms with E-state index in [1.165, 1.54) is 0 Å². The first kappa shape index (κ1) is 10.6. The third-order valence-electron chi connectivity index (χ3n) is 1.55. The van der Waals surface area contributed by atoms with Crippen LogP contribution >= 0.6 is 0 Å². The fraction of sp³-hybridized carbons (Fsp3) is 0.875. The van der Waals surface area contributed by atoms with Crippen LogP contribution in [0.25, 0.3) is 0 Å². The minimum absolute atomic E-state index is 0.169. The van der Waals surface area contributed by atoms with Crippen LogP contribution in [0.5, 0.6) is 0 Å². The third kappa shape index (κ3) is 4.11. The van der Waals surface area contributed by atoms with E-state index in [1.54, 1.807) is 7.05 Å². The van der Waals surface area contributed by atoms with Gasteiger partial charge in [0.2, 0.25) is 0 Å². The molecule has 0 saturated carbocycles. The Morgan fingerprint density at radius 2 is 2.18 bits per heavy atom. The summed E-state index contributed by atoms with van der Waals surface area (Å²) in [5, 5.41) is 2.89. The zero-order chi connectivity index (χ0) is 8.91. The predicted molar refractivity (Wildman–Crippen MR) is 44.6 cm³/mol. The van der Waals surface area contributed by atoms with E-state index >= 15 is 0 Å². The highest BCUT2D eigenvalue weighted by Crippen LogP contribution is 2.01. The van der Waals surface area contributed by atoms with Crippen molar-refractivity contribution in [2.75, 3.05) is 13.7 Å². The lowest BCUT2D eigenvalue weighted by Crippen LogP contribution is -2.46. The first-order valence-corrected chi connectivity index (χ1v) is 3.81. The maximum atomic E-state index is 10.5. The average Bonchev–Trinajstić information content (AvgIpc) is 2.00. The van der Waals surface area contributed by atoms with Crippen LogP contribution in [-0.4, -0.2) is 31.6 Å². The lowest BCUT2D eigenvalue weighted by Gasteiger charge is -2.23. The van der Waals surface area contributed by atoms with Crippen LogP contribution < -0.4 is 5.32 Å². The van der Waals surface area contributed by atoms with Gasteiger partial charge in [-0.25, -0.2) is 0 Å². The zero-order valence-corrected chi connectivity index (χ0v) is 7.68. The molecule has 0 saturated heterocycles. The van der Waals surface area contributed by atoms with Crippen LogP contribution in [0.4, 0.5) is 0 Å². The molecular formula is C8H17NO2. The minimum atomic E-state index is -0.537. The Morgan fingerprint density at radius 3 is 2.45 bits per heavy atom. The smallest absolute Gasteiger partial charge is 0.142 e. The molecule has 11 heavy (non-hydrogen) atoms. The van der Waals surface area contributed by atoms with Gasteiger partial charge in [-0.05, 0) is 27.8 Å². The average molecular weight is 159 g/mol. The van der Waals surface area contributed by atoms with Crippen LogP contribution in [0.2, 0.25) is 0 Å². The van der Waals surface area contributed by atoms with Gasteiger partial charge in [0, 0.05) is 0 Å². The molecule has 0 bridgehead atoms. The highest BCUT2D eigenvalue weighted by Gasteiger charge is 2.21. The lowest BCUT2D eigenvalue weighted by atomic mass is 10.1. The number of aldehydes is 1. The molecule has 0 aromatic heterocycles. The van der Waals surface area contributed by atoms with Gasteiger partial charge in [0.1, 0.15) is 6.29 Å². The molecule has 0 radical (unpaired) electrons. The van der Waals surface area contributed by atoms with Crippen LogP contribution in [0.1, 0.15) is 20.8 Å². The van der Waals surface area contributed by atoms with E-state index in [-0.39, 0.29) is 6.10 Å². The van der Waals surface area contributed by atoms with Gasteiger partial charge in [0.25, 0.3) is 0 Å². The molecule has 3 heteroatoms. The zero-order valence-electron chi connectivity index (χ0n) is 7.68. The van der Waals surface area contributed by atoms with Gasteiger partial charge in [0.05, 0.1) is 18.2 Å². The van der Waals surface area contributed by atoms with Gasteiger partial charge in [-0.15, -0.1) is 0 Å². The summed E-state index contributed by atoms with van der Waals surface area (Å²) in [6.07, 6.45) is 1.04.